The van der Waals surface area contributed by atoms with Crippen molar-refractivity contribution in [2.75, 3.05) is 0 Å². The zero-order valence-electron chi connectivity index (χ0n) is 9.05. The lowest BCUT2D eigenvalue weighted by molar-refractivity contribution is 0.300. The second-order valence-electron chi connectivity index (χ2n) is 5.40. The van der Waals surface area contributed by atoms with E-state index in [0.717, 1.165) is 11.8 Å². The fourth-order valence-corrected chi connectivity index (χ4v) is 3.14. The highest BCUT2D eigenvalue weighted by atomic mass is 14.4. The molecule has 0 bridgehead atoms. The molecule has 1 fully saturated rings. The van der Waals surface area contributed by atoms with Gasteiger partial charge in [0, 0.05) is 0 Å². The molecule has 0 radical (unpaired) electrons. The lowest BCUT2D eigenvalue weighted by atomic mass is 9.76. The Morgan fingerprint density at radius 1 is 1.31 bits per heavy atom. The Morgan fingerprint density at radius 2 is 2.15 bits per heavy atom. The molecule has 0 aromatic heterocycles. The van der Waals surface area contributed by atoms with Gasteiger partial charge in [0.15, 0.2) is 0 Å². The second-order valence-corrected chi connectivity index (χ2v) is 5.40. The van der Waals surface area contributed by atoms with Gasteiger partial charge in [-0.1, -0.05) is 26.0 Å². The third-order valence-corrected chi connectivity index (χ3v) is 4.14. The van der Waals surface area contributed by atoms with Gasteiger partial charge in [0.05, 0.1) is 0 Å². The second kappa shape index (κ2) is 3.48. The van der Waals surface area contributed by atoms with Crippen LogP contribution in [0.15, 0.2) is 12.2 Å². The van der Waals surface area contributed by atoms with Crippen molar-refractivity contribution in [3.05, 3.63) is 12.2 Å². The van der Waals surface area contributed by atoms with Gasteiger partial charge < -0.3 is 0 Å². The van der Waals surface area contributed by atoms with Gasteiger partial charge in [-0.25, -0.2) is 0 Å². The van der Waals surface area contributed by atoms with Crippen LogP contribution in [0.5, 0.6) is 0 Å². The first-order chi connectivity index (χ1) is 6.22. The highest BCUT2D eigenvalue weighted by Crippen LogP contribution is 2.50. The highest BCUT2D eigenvalue weighted by Gasteiger charge is 2.38. The molecular weight excluding hydrogens is 156 g/mol. The molecule has 0 nitrogen and oxygen atoms in total. The molecule has 0 saturated heterocycles. The molecule has 2 aliphatic carbocycles. The monoisotopic (exact) mass is 178 g/mol. The molecule has 2 aliphatic rings. The molecular formula is C13H22. The fourth-order valence-electron chi connectivity index (χ4n) is 3.14. The van der Waals surface area contributed by atoms with E-state index in [0.29, 0.717) is 5.41 Å². The summed E-state index contributed by atoms with van der Waals surface area (Å²) in [5.74, 6) is 1.90. The normalized spacial score (nSPS) is 39.2. The molecule has 2 atom stereocenters. The molecule has 0 N–H and O–H groups in total. The molecule has 2 unspecified atom stereocenters. The van der Waals surface area contributed by atoms with Crippen LogP contribution in [0.3, 0.4) is 0 Å². The molecule has 13 heavy (non-hydrogen) atoms. The van der Waals surface area contributed by atoms with E-state index in [1.807, 2.05) is 0 Å². The average Bonchev–Trinajstić information content (AvgIpc) is 2.51. The summed E-state index contributed by atoms with van der Waals surface area (Å²) in [6.07, 6.45) is 13.6. The van der Waals surface area contributed by atoms with Crippen LogP contribution < -0.4 is 0 Å². The summed E-state index contributed by atoms with van der Waals surface area (Å²) in [5, 5.41) is 0. The third-order valence-electron chi connectivity index (χ3n) is 4.14. The maximum absolute atomic E-state index is 2.54. The first-order valence-electron chi connectivity index (χ1n) is 5.90. The van der Waals surface area contributed by atoms with Gasteiger partial charge >= 0.3 is 0 Å². The van der Waals surface area contributed by atoms with E-state index in [1.165, 1.54) is 38.5 Å². The maximum Gasteiger partial charge on any atom is -0.0115 e. The van der Waals surface area contributed by atoms with Gasteiger partial charge in [0.2, 0.25) is 0 Å². The molecule has 1 spiro atoms. The van der Waals surface area contributed by atoms with Gasteiger partial charge in [0.1, 0.15) is 0 Å². The minimum atomic E-state index is 0.646. The van der Waals surface area contributed by atoms with E-state index in [4.69, 9.17) is 0 Å². The van der Waals surface area contributed by atoms with Crippen LogP contribution in [-0.4, -0.2) is 0 Å². The van der Waals surface area contributed by atoms with Crippen LogP contribution >= 0.6 is 0 Å². The van der Waals surface area contributed by atoms with Crippen molar-refractivity contribution < 1.29 is 0 Å². The van der Waals surface area contributed by atoms with Gasteiger partial charge in [-0.3, -0.25) is 0 Å². The van der Waals surface area contributed by atoms with Crippen LogP contribution in [0.2, 0.25) is 0 Å². The Morgan fingerprint density at radius 3 is 2.69 bits per heavy atom. The summed E-state index contributed by atoms with van der Waals surface area (Å²) < 4.78 is 0. The van der Waals surface area contributed by atoms with E-state index >= 15 is 0 Å². The fraction of sp³-hybridized carbons (Fsp3) is 0.846. The standard InChI is InChI=1S/C13H22/c1-11(2)12-6-9-13(10-12)7-4-3-5-8-13/h4,7,11-12H,3,5-6,8-10H2,1-2H3. The maximum atomic E-state index is 2.54. The molecule has 0 heterocycles. The zero-order chi connectivity index (χ0) is 9.31. The Hall–Kier alpha value is -0.260. The summed E-state index contributed by atoms with van der Waals surface area (Å²) in [7, 11) is 0. The van der Waals surface area contributed by atoms with Crippen LogP contribution in [-0.2, 0) is 0 Å². The van der Waals surface area contributed by atoms with Crippen molar-refractivity contribution in [3.8, 4) is 0 Å². The van der Waals surface area contributed by atoms with Gasteiger partial charge in [-0.05, 0) is 55.8 Å². The van der Waals surface area contributed by atoms with Crippen molar-refractivity contribution in [1.29, 1.82) is 0 Å². The molecule has 1 saturated carbocycles. The molecule has 0 aromatic rings. The minimum absolute atomic E-state index is 0.646. The first-order valence-corrected chi connectivity index (χ1v) is 5.90. The molecule has 0 aromatic carbocycles. The average molecular weight is 178 g/mol. The smallest absolute Gasteiger partial charge is 0.0115 e. The van der Waals surface area contributed by atoms with Crippen molar-refractivity contribution in [2.45, 2.75) is 52.4 Å². The van der Waals surface area contributed by atoms with Gasteiger partial charge in [-0.2, -0.15) is 0 Å². The van der Waals surface area contributed by atoms with Gasteiger partial charge in [0.25, 0.3) is 0 Å². The van der Waals surface area contributed by atoms with E-state index in [2.05, 4.69) is 26.0 Å². The van der Waals surface area contributed by atoms with Crippen LogP contribution in [0.1, 0.15) is 52.4 Å². The Labute approximate surface area is 82.4 Å². The largest absolute Gasteiger partial charge is 0.0880 e. The Balaban J connectivity index is 2.03. The lowest BCUT2D eigenvalue weighted by Gasteiger charge is -2.29. The van der Waals surface area contributed by atoms with Crippen molar-refractivity contribution in [3.63, 3.8) is 0 Å². The quantitative estimate of drug-likeness (QED) is 0.529. The Bertz CT molecular complexity index is 202. The predicted octanol–water partition coefficient (Wildman–Crippen LogP) is 4.17. The van der Waals surface area contributed by atoms with Crippen LogP contribution in [0, 0.1) is 17.3 Å². The topological polar surface area (TPSA) is 0 Å². The molecule has 2 rings (SSSR count). The summed E-state index contributed by atoms with van der Waals surface area (Å²) in [6.45, 7) is 4.77. The molecule has 0 heteroatoms. The number of hydrogen-bond acceptors (Lipinski definition) is 0. The summed E-state index contributed by atoms with van der Waals surface area (Å²) in [5.41, 5.74) is 0.646. The minimum Gasteiger partial charge on any atom is -0.0880 e. The number of hydrogen-bond donors (Lipinski definition) is 0. The first kappa shape index (κ1) is 9.30. The molecule has 0 amide bonds. The summed E-state index contributed by atoms with van der Waals surface area (Å²) in [4.78, 5) is 0. The highest BCUT2D eigenvalue weighted by molar-refractivity contribution is 5.07. The van der Waals surface area contributed by atoms with E-state index in [9.17, 15) is 0 Å². The van der Waals surface area contributed by atoms with Crippen LogP contribution in [0.4, 0.5) is 0 Å². The van der Waals surface area contributed by atoms with Crippen LogP contribution in [0.25, 0.3) is 0 Å². The SMILES string of the molecule is CC(C)C1CCC2(C=CCCC2)C1. The molecule has 74 valence electrons. The van der Waals surface area contributed by atoms with E-state index in [1.54, 1.807) is 0 Å². The summed E-state index contributed by atoms with van der Waals surface area (Å²) in [6, 6.07) is 0. The zero-order valence-corrected chi connectivity index (χ0v) is 9.05. The lowest BCUT2D eigenvalue weighted by Crippen LogP contribution is -2.17. The number of rotatable bonds is 1. The predicted molar refractivity (Wildman–Crippen MR) is 57.6 cm³/mol. The third kappa shape index (κ3) is 1.82. The summed E-state index contributed by atoms with van der Waals surface area (Å²) >= 11 is 0. The number of allylic oxidation sites excluding steroid dienone is 2. The van der Waals surface area contributed by atoms with E-state index in [-0.39, 0.29) is 0 Å². The van der Waals surface area contributed by atoms with Crippen molar-refractivity contribution in [2.24, 2.45) is 17.3 Å². The van der Waals surface area contributed by atoms with Crippen molar-refractivity contribution >= 4 is 0 Å². The van der Waals surface area contributed by atoms with Gasteiger partial charge in [-0.15, -0.1) is 0 Å². The van der Waals surface area contributed by atoms with E-state index < -0.39 is 0 Å². The molecule has 0 aliphatic heterocycles. The van der Waals surface area contributed by atoms with Crippen molar-refractivity contribution in [1.82, 2.24) is 0 Å². The Kier molecular flexibility index (Phi) is 2.49.